The molecule has 1 aliphatic rings. The summed E-state index contributed by atoms with van der Waals surface area (Å²) >= 11 is 3.07. The molecular weight excluding hydrogens is 268 g/mol. The number of hydrogen-bond donors (Lipinski definition) is 2. The number of hydrogen-bond acceptors (Lipinski definition) is 6. The standard InChI is InChI=1S/C11H18N4OS2/c1-2-17-11-15-14-10(18-11)13-9(16)8-5-3-4-7(8)6-12/h7-8H,2-6,12H2,1H3,(H,13,14,16)/t7-,8-/m1/s1. The average Bonchev–Trinajstić information content (AvgIpc) is 2.98. The second-order valence-corrected chi connectivity index (χ2v) is 6.82. The van der Waals surface area contributed by atoms with Crippen molar-refractivity contribution in [3.05, 3.63) is 0 Å². The van der Waals surface area contributed by atoms with Crippen molar-refractivity contribution in [2.75, 3.05) is 17.6 Å². The molecule has 1 saturated carbocycles. The number of nitrogens with zero attached hydrogens (tertiary/aromatic N) is 2. The van der Waals surface area contributed by atoms with Gasteiger partial charge in [0.25, 0.3) is 0 Å². The van der Waals surface area contributed by atoms with E-state index in [0.717, 1.165) is 29.4 Å². The van der Waals surface area contributed by atoms with Crippen molar-refractivity contribution in [2.45, 2.75) is 30.5 Å². The number of nitrogens with one attached hydrogen (secondary N) is 1. The van der Waals surface area contributed by atoms with Crippen LogP contribution in [0.4, 0.5) is 5.13 Å². The average molecular weight is 286 g/mol. The van der Waals surface area contributed by atoms with Gasteiger partial charge in [-0.25, -0.2) is 0 Å². The van der Waals surface area contributed by atoms with E-state index in [2.05, 4.69) is 22.4 Å². The van der Waals surface area contributed by atoms with Gasteiger partial charge in [-0.2, -0.15) is 0 Å². The molecule has 1 aliphatic carbocycles. The fourth-order valence-electron chi connectivity index (χ4n) is 2.30. The van der Waals surface area contributed by atoms with Crippen molar-refractivity contribution in [2.24, 2.45) is 17.6 Å². The Balaban J connectivity index is 1.93. The van der Waals surface area contributed by atoms with Crippen LogP contribution in [0.2, 0.25) is 0 Å². The van der Waals surface area contributed by atoms with E-state index in [-0.39, 0.29) is 11.8 Å². The van der Waals surface area contributed by atoms with Crippen LogP contribution in [-0.2, 0) is 4.79 Å². The van der Waals surface area contributed by atoms with Crippen LogP contribution in [-0.4, -0.2) is 28.4 Å². The van der Waals surface area contributed by atoms with E-state index in [4.69, 9.17) is 5.73 Å². The molecule has 0 aromatic carbocycles. The Morgan fingerprint density at radius 1 is 1.56 bits per heavy atom. The monoisotopic (exact) mass is 286 g/mol. The van der Waals surface area contributed by atoms with Gasteiger partial charge >= 0.3 is 0 Å². The maximum absolute atomic E-state index is 12.1. The van der Waals surface area contributed by atoms with Crippen molar-refractivity contribution < 1.29 is 4.79 Å². The zero-order valence-corrected chi connectivity index (χ0v) is 12.0. The quantitative estimate of drug-likeness (QED) is 0.639. The van der Waals surface area contributed by atoms with Crippen molar-refractivity contribution in [3.63, 3.8) is 0 Å². The Labute approximate surface area is 115 Å². The van der Waals surface area contributed by atoms with Gasteiger partial charge in [-0.3, -0.25) is 4.79 Å². The van der Waals surface area contributed by atoms with Crippen molar-refractivity contribution in [1.82, 2.24) is 10.2 Å². The van der Waals surface area contributed by atoms with Gasteiger partial charge in [-0.15, -0.1) is 10.2 Å². The molecule has 1 heterocycles. The first-order chi connectivity index (χ1) is 8.74. The highest BCUT2D eigenvalue weighted by Crippen LogP contribution is 2.32. The van der Waals surface area contributed by atoms with E-state index in [1.54, 1.807) is 11.8 Å². The molecule has 0 saturated heterocycles. The van der Waals surface area contributed by atoms with Gasteiger partial charge in [0.05, 0.1) is 0 Å². The molecule has 3 N–H and O–H groups in total. The first-order valence-electron chi connectivity index (χ1n) is 6.21. The van der Waals surface area contributed by atoms with Crippen molar-refractivity contribution in [3.8, 4) is 0 Å². The minimum Gasteiger partial charge on any atom is -0.330 e. The van der Waals surface area contributed by atoms with E-state index < -0.39 is 0 Å². The second kappa shape index (κ2) is 6.49. The Kier molecular flexibility index (Phi) is 4.96. The third-order valence-corrected chi connectivity index (χ3v) is 5.06. The summed E-state index contributed by atoms with van der Waals surface area (Å²) in [4.78, 5) is 12.1. The van der Waals surface area contributed by atoms with E-state index in [1.165, 1.54) is 11.3 Å². The first-order valence-corrected chi connectivity index (χ1v) is 8.02. The molecule has 1 amide bonds. The molecule has 1 aromatic heterocycles. The number of rotatable bonds is 5. The lowest BCUT2D eigenvalue weighted by molar-refractivity contribution is -0.120. The number of amides is 1. The normalized spacial score (nSPS) is 23.2. The van der Waals surface area contributed by atoms with Gasteiger partial charge in [0.2, 0.25) is 11.0 Å². The largest absolute Gasteiger partial charge is 0.330 e. The van der Waals surface area contributed by atoms with E-state index in [9.17, 15) is 4.79 Å². The lowest BCUT2D eigenvalue weighted by atomic mass is 9.95. The van der Waals surface area contributed by atoms with Crippen LogP contribution in [0, 0.1) is 11.8 Å². The van der Waals surface area contributed by atoms with E-state index in [0.29, 0.717) is 17.6 Å². The maximum Gasteiger partial charge on any atom is 0.229 e. The van der Waals surface area contributed by atoms with Crippen molar-refractivity contribution >= 4 is 34.1 Å². The third-order valence-electron chi connectivity index (χ3n) is 3.20. The van der Waals surface area contributed by atoms with Crippen LogP contribution in [0.5, 0.6) is 0 Å². The molecule has 7 heteroatoms. The van der Waals surface area contributed by atoms with Crippen LogP contribution in [0.1, 0.15) is 26.2 Å². The third kappa shape index (κ3) is 3.21. The smallest absolute Gasteiger partial charge is 0.229 e. The molecular formula is C11H18N4OS2. The van der Waals surface area contributed by atoms with Gasteiger partial charge in [0.1, 0.15) is 0 Å². The Morgan fingerprint density at radius 2 is 2.39 bits per heavy atom. The summed E-state index contributed by atoms with van der Waals surface area (Å²) in [5, 5.41) is 11.5. The van der Waals surface area contributed by atoms with E-state index in [1.807, 2.05) is 0 Å². The first kappa shape index (κ1) is 13.8. The minimum absolute atomic E-state index is 0.0428. The van der Waals surface area contributed by atoms with Gasteiger partial charge in [0.15, 0.2) is 4.34 Å². The Hall–Kier alpha value is -0.660. The highest BCUT2D eigenvalue weighted by atomic mass is 32.2. The number of carbonyl (C=O) groups excluding carboxylic acids is 1. The predicted molar refractivity (Wildman–Crippen MR) is 74.8 cm³/mol. The zero-order chi connectivity index (χ0) is 13.0. The fraction of sp³-hybridized carbons (Fsp3) is 0.727. The maximum atomic E-state index is 12.1. The van der Waals surface area contributed by atoms with Crippen LogP contribution in [0.15, 0.2) is 4.34 Å². The fourth-order valence-corrected chi connectivity index (χ4v) is 3.96. The molecule has 0 bridgehead atoms. The molecule has 100 valence electrons. The summed E-state index contributed by atoms with van der Waals surface area (Å²) in [7, 11) is 0. The summed E-state index contributed by atoms with van der Waals surface area (Å²) in [6.07, 6.45) is 3.08. The molecule has 5 nitrogen and oxygen atoms in total. The van der Waals surface area contributed by atoms with Crippen LogP contribution in [0.25, 0.3) is 0 Å². The number of anilines is 1. The van der Waals surface area contributed by atoms with Crippen molar-refractivity contribution in [1.29, 1.82) is 0 Å². The Morgan fingerprint density at radius 3 is 3.11 bits per heavy atom. The molecule has 0 aliphatic heterocycles. The van der Waals surface area contributed by atoms with Gasteiger partial charge in [0, 0.05) is 5.92 Å². The predicted octanol–water partition coefficient (Wildman–Crippen LogP) is 1.96. The zero-order valence-electron chi connectivity index (χ0n) is 10.4. The molecule has 1 aromatic rings. The van der Waals surface area contributed by atoms with Crippen LogP contribution in [0.3, 0.4) is 0 Å². The molecule has 0 spiro atoms. The summed E-state index contributed by atoms with van der Waals surface area (Å²) in [6.45, 7) is 2.65. The SMILES string of the molecule is CCSc1nnc(NC(=O)[C@@H]2CCC[C@@H]2CN)s1. The minimum atomic E-state index is 0.0428. The van der Waals surface area contributed by atoms with Crippen LogP contribution < -0.4 is 11.1 Å². The van der Waals surface area contributed by atoms with Gasteiger partial charge in [-0.05, 0) is 31.1 Å². The number of nitrogens with two attached hydrogens (primary N) is 1. The lowest BCUT2D eigenvalue weighted by Crippen LogP contribution is -2.29. The van der Waals surface area contributed by atoms with Gasteiger partial charge in [-0.1, -0.05) is 36.4 Å². The summed E-state index contributed by atoms with van der Waals surface area (Å²) in [5.74, 6) is 1.37. The second-order valence-electron chi connectivity index (χ2n) is 4.33. The summed E-state index contributed by atoms with van der Waals surface area (Å²) in [6, 6.07) is 0. The number of aromatic nitrogens is 2. The van der Waals surface area contributed by atoms with E-state index >= 15 is 0 Å². The number of thioether (sulfide) groups is 1. The molecule has 18 heavy (non-hydrogen) atoms. The highest BCUT2D eigenvalue weighted by Gasteiger charge is 2.32. The van der Waals surface area contributed by atoms with Gasteiger partial charge < -0.3 is 11.1 Å². The Bertz CT molecular complexity index is 410. The molecule has 0 unspecified atom stereocenters. The van der Waals surface area contributed by atoms with Crippen LogP contribution >= 0.6 is 23.1 Å². The topological polar surface area (TPSA) is 80.9 Å². The molecule has 2 atom stereocenters. The molecule has 2 rings (SSSR count). The lowest BCUT2D eigenvalue weighted by Gasteiger charge is -2.15. The summed E-state index contributed by atoms with van der Waals surface area (Å²) in [5.41, 5.74) is 5.69. The molecule has 0 radical (unpaired) electrons. The highest BCUT2D eigenvalue weighted by molar-refractivity contribution is 8.01. The summed E-state index contributed by atoms with van der Waals surface area (Å²) < 4.78 is 0.898. The number of carbonyl (C=O) groups is 1. The molecule has 1 fully saturated rings.